The van der Waals surface area contributed by atoms with Crippen molar-refractivity contribution in [1.29, 1.82) is 0 Å². The van der Waals surface area contributed by atoms with Gasteiger partial charge in [-0.2, -0.15) is 0 Å². The molecule has 21 heavy (non-hydrogen) atoms. The number of sulfonamides is 1. The van der Waals surface area contributed by atoms with Gasteiger partial charge in [0.15, 0.2) is 0 Å². The molecule has 2 N–H and O–H groups in total. The van der Waals surface area contributed by atoms with Gasteiger partial charge in [-0.3, -0.25) is 9.71 Å². The normalized spacial score (nSPS) is 11.1. The van der Waals surface area contributed by atoms with Crippen molar-refractivity contribution in [1.82, 2.24) is 4.98 Å². The van der Waals surface area contributed by atoms with Gasteiger partial charge in [-0.05, 0) is 40.2 Å². The second kappa shape index (κ2) is 5.78. The number of rotatable bonds is 4. The van der Waals surface area contributed by atoms with E-state index in [1.807, 2.05) is 0 Å². The lowest BCUT2D eigenvalue weighted by molar-refractivity contribution is 0.0697. The average Bonchev–Trinajstić information content (AvgIpc) is 2.40. The van der Waals surface area contributed by atoms with Gasteiger partial charge in [-0.25, -0.2) is 17.6 Å². The largest absolute Gasteiger partial charge is 0.478 e. The van der Waals surface area contributed by atoms with E-state index in [1.54, 1.807) is 0 Å². The number of benzene rings is 1. The summed E-state index contributed by atoms with van der Waals surface area (Å²) in [6, 6.07) is 4.05. The van der Waals surface area contributed by atoms with Crippen LogP contribution < -0.4 is 4.72 Å². The molecule has 0 fully saturated rings. The van der Waals surface area contributed by atoms with Gasteiger partial charge in [0.1, 0.15) is 10.7 Å². The third-order valence-corrected chi connectivity index (χ3v) is 4.21. The van der Waals surface area contributed by atoms with Crippen LogP contribution in [0.25, 0.3) is 0 Å². The Morgan fingerprint density at radius 2 is 2.00 bits per heavy atom. The van der Waals surface area contributed by atoms with Crippen molar-refractivity contribution >= 4 is 37.6 Å². The Labute approximate surface area is 127 Å². The number of carbonyl (C=O) groups is 1. The van der Waals surface area contributed by atoms with E-state index in [0.717, 1.165) is 24.4 Å². The maximum absolute atomic E-state index is 13.1. The predicted molar refractivity (Wildman–Crippen MR) is 76.1 cm³/mol. The van der Waals surface area contributed by atoms with Gasteiger partial charge in [-0.1, -0.05) is 0 Å². The van der Waals surface area contributed by atoms with Crippen molar-refractivity contribution in [3.8, 4) is 0 Å². The SMILES string of the molecule is O=C(O)c1cc(F)ccc1NS(=O)(=O)c1cncc(Br)c1. The zero-order valence-corrected chi connectivity index (χ0v) is 12.6. The molecule has 2 rings (SSSR count). The molecule has 6 nitrogen and oxygen atoms in total. The van der Waals surface area contributed by atoms with Crippen LogP contribution >= 0.6 is 15.9 Å². The molecule has 0 spiro atoms. The number of nitrogens with one attached hydrogen (secondary N) is 1. The van der Waals surface area contributed by atoms with Gasteiger partial charge >= 0.3 is 5.97 Å². The first-order valence-electron chi connectivity index (χ1n) is 5.46. The standard InChI is InChI=1S/C12H8BrFN2O4S/c13-7-3-9(6-15-5-7)21(19,20)16-11-2-1-8(14)4-10(11)12(17)18/h1-6,16H,(H,17,18). The highest BCUT2D eigenvalue weighted by molar-refractivity contribution is 9.10. The molecule has 0 amide bonds. The number of carboxylic acids is 1. The molecule has 0 atom stereocenters. The Morgan fingerprint density at radius 1 is 1.29 bits per heavy atom. The minimum Gasteiger partial charge on any atom is -0.478 e. The van der Waals surface area contributed by atoms with Crippen molar-refractivity contribution in [3.05, 3.63) is 52.5 Å². The van der Waals surface area contributed by atoms with Crippen molar-refractivity contribution in [2.45, 2.75) is 4.90 Å². The summed E-state index contributed by atoms with van der Waals surface area (Å²) in [6.07, 6.45) is 2.51. The minimum atomic E-state index is -4.03. The first kappa shape index (κ1) is 15.4. The van der Waals surface area contributed by atoms with Gasteiger partial charge in [0.25, 0.3) is 10.0 Å². The fourth-order valence-electron chi connectivity index (χ4n) is 1.53. The predicted octanol–water partition coefficient (Wildman–Crippen LogP) is 2.48. The number of aromatic nitrogens is 1. The lowest BCUT2D eigenvalue weighted by atomic mass is 10.2. The van der Waals surface area contributed by atoms with Gasteiger partial charge in [-0.15, -0.1) is 0 Å². The van der Waals surface area contributed by atoms with Crippen molar-refractivity contribution in [2.24, 2.45) is 0 Å². The Bertz CT molecular complexity index is 811. The molecule has 1 aromatic heterocycles. The summed E-state index contributed by atoms with van der Waals surface area (Å²) in [5, 5.41) is 8.98. The summed E-state index contributed by atoms with van der Waals surface area (Å²) in [5.41, 5.74) is -0.717. The van der Waals surface area contributed by atoms with E-state index >= 15 is 0 Å². The van der Waals surface area contributed by atoms with E-state index in [0.29, 0.717) is 4.47 Å². The zero-order chi connectivity index (χ0) is 15.6. The van der Waals surface area contributed by atoms with Crippen molar-refractivity contribution < 1.29 is 22.7 Å². The second-order valence-corrected chi connectivity index (χ2v) is 6.54. The van der Waals surface area contributed by atoms with E-state index in [1.165, 1.54) is 12.3 Å². The highest BCUT2D eigenvalue weighted by Crippen LogP contribution is 2.22. The van der Waals surface area contributed by atoms with E-state index in [2.05, 4.69) is 25.6 Å². The van der Waals surface area contributed by atoms with Gasteiger partial charge in [0.2, 0.25) is 0 Å². The van der Waals surface area contributed by atoms with E-state index in [9.17, 15) is 17.6 Å². The molecule has 0 unspecified atom stereocenters. The Kier molecular flexibility index (Phi) is 4.24. The number of halogens is 2. The lowest BCUT2D eigenvalue weighted by Gasteiger charge is -2.10. The quantitative estimate of drug-likeness (QED) is 0.856. The number of anilines is 1. The van der Waals surface area contributed by atoms with Gasteiger partial charge < -0.3 is 5.11 Å². The fraction of sp³-hybridized carbons (Fsp3) is 0. The summed E-state index contributed by atoms with van der Waals surface area (Å²) in [5.74, 6) is -2.22. The second-order valence-electron chi connectivity index (χ2n) is 3.94. The van der Waals surface area contributed by atoms with Crippen LogP contribution in [0.3, 0.4) is 0 Å². The lowest BCUT2D eigenvalue weighted by Crippen LogP contribution is -2.16. The summed E-state index contributed by atoms with van der Waals surface area (Å²) >= 11 is 3.09. The molecule has 0 aliphatic heterocycles. The number of nitrogens with zero attached hydrogens (tertiary/aromatic N) is 1. The number of hydrogen-bond acceptors (Lipinski definition) is 4. The first-order chi connectivity index (χ1) is 9.79. The topological polar surface area (TPSA) is 96.4 Å². The van der Waals surface area contributed by atoms with Crippen LogP contribution in [0.4, 0.5) is 10.1 Å². The molecular formula is C12H8BrFN2O4S. The number of pyridine rings is 1. The summed E-state index contributed by atoms with van der Waals surface area (Å²) < 4.78 is 39.9. The Balaban J connectivity index is 2.44. The van der Waals surface area contributed by atoms with Crippen molar-refractivity contribution in [3.63, 3.8) is 0 Å². The monoisotopic (exact) mass is 374 g/mol. The fourth-order valence-corrected chi connectivity index (χ4v) is 3.11. The third kappa shape index (κ3) is 3.56. The van der Waals surface area contributed by atoms with Crippen molar-refractivity contribution in [2.75, 3.05) is 4.72 Å². The molecule has 0 aliphatic rings. The first-order valence-corrected chi connectivity index (χ1v) is 7.73. The highest BCUT2D eigenvalue weighted by atomic mass is 79.9. The molecule has 1 heterocycles. The number of carboxylic acid groups (broad SMARTS) is 1. The molecule has 1 aromatic carbocycles. The van der Waals surface area contributed by atoms with Gasteiger partial charge in [0, 0.05) is 16.9 Å². The molecule has 9 heteroatoms. The van der Waals surface area contributed by atoms with E-state index in [-0.39, 0.29) is 10.6 Å². The maximum atomic E-state index is 13.1. The summed E-state index contributed by atoms with van der Waals surface area (Å²) in [7, 11) is -4.03. The Hall–Kier alpha value is -2.00. The van der Waals surface area contributed by atoms with Crippen LogP contribution in [-0.2, 0) is 10.0 Å². The smallest absolute Gasteiger partial charge is 0.337 e. The van der Waals surface area contributed by atoms with Crippen LogP contribution in [0.2, 0.25) is 0 Å². The average molecular weight is 375 g/mol. The molecule has 0 saturated carbocycles. The van der Waals surface area contributed by atoms with Crippen LogP contribution in [0.1, 0.15) is 10.4 Å². The van der Waals surface area contributed by atoms with Crippen LogP contribution in [0.5, 0.6) is 0 Å². The molecule has 0 bridgehead atoms. The molecule has 0 radical (unpaired) electrons. The minimum absolute atomic E-state index is 0.155. The Morgan fingerprint density at radius 3 is 2.62 bits per heavy atom. The van der Waals surface area contributed by atoms with E-state index in [4.69, 9.17) is 5.11 Å². The molecule has 2 aromatic rings. The number of aromatic carboxylic acids is 1. The zero-order valence-electron chi connectivity index (χ0n) is 10.2. The molecule has 0 aliphatic carbocycles. The van der Waals surface area contributed by atoms with Crippen LogP contribution in [0.15, 0.2) is 46.0 Å². The van der Waals surface area contributed by atoms with E-state index < -0.39 is 27.4 Å². The maximum Gasteiger partial charge on any atom is 0.337 e. The van der Waals surface area contributed by atoms with Crippen LogP contribution in [0, 0.1) is 5.82 Å². The highest BCUT2D eigenvalue weighted by Gasteiger charge is 2.19. The summed E-state index contributed by atoms with van der Waals surface area (Å²) in [6.45, 7) is 0. The molecule has 110 valence electrons. The molecule has 0 saturated heterocycles. The molecular weight excluding hydrogens is 367 g/mol. The van der Waals surface area contributed by atoms with Crippen LogP contribution in [-0.4, -0.2) is 24.5 Å². The third-order valence-electron chi connectivity index (χ3n) is 2.45. The summed E-state index contributed by atoms with van der Waals surface area (Å²) in [4.78, 5) is 14.6. The van der Waals surface area contributed by atoms with Gasteiger partial charge in [0.05, 0.1) is 11.3 Å². The number of hydrogen-bond donors (Lipinski definition) is 2.